The second kappa shape index (κ2) is 4.60. The fraction of sp³-hybridized carbons (Fsp3) is 0.727. The summed E-state index contributed by atoms with van der Waals surface area (Å²) in [4.78, 5) is 0. The third-order valence-electron chi connectivity index (χ3n) is 3.41. The third-order valence-corrected chi connectivity index (χ3v) is 3.41. The van der Waals surface area contributed by atoms with Gasteiger partial charge in [0.25, 0.3) is 0 Å². The van der Waals surface area contributed by atoms with Crippen molar-refractivity contribution in [2.24, 2.45) is 11.7 Å². The first-order chi connectivity index (χ1) is 6.90. The molecular weight excluding hydrogens is 174 g/mol. The van der Waals surface area contributed by atoms with Crippen molar-refractivity contribution in [2.75, 3.05) is 6.54 Å². The largest absolute Gasteiger partial charge is 0.330 e. The summed E-state index contributed by atoms with van der Waals surface area (Å²) in [6, 6.07) is 0. The molecule has 1 fully saturated rings. The maximum Gasteiger partial charge on any atom is 0.0522 e. The van der Waals surface area contributed by atoms with E-state index in [0.29, 0.717) is 0 Å². The summed E-state index contributed by atoms with van der Waals surface area (Å²) in [6.45, 7) is 0.848. The van der Waals surface area contributed by atoms with Gasteiger partial charge in [0.05, 0.1) is 6.20 Å². The Balaban J connectivity index is 1.84. The van der Waals surface area contributed by atoms with Crippen LogP contribution in [0.15, 0.2) is 12.4 Å². The van der Waals surface area contributed by atoms with Crippen LogP contribution < -0.4 is 5.73 Å². The zero-order chi connectivity index (χ0) is 9.80. The van der Waals surface area contributed by atoms with E-state index in [-0.39, 0.29) is 0 Å². The lowest BCUT2D eigenvalue weighted by atomic mass is 9.78. The summed E-state index contributed by atoms with van der Waals surface area (Å²) in [5, 5.41) is 6.90. The quantitative estimate of drug-likeness (QED) is 0.771. The molecule has 0 saturated heterocycles. The van der Waals surface area contributed by atoms with E-state index < -0.39 is 0 Å². The third kappa shape index (κ3) is 2.15. The van der Waals surface area contributed by atoms with Crippen molar-refractivity contribution in [2.45, 2.75) is 38.0 Å². The van der Waals surface area contributed by atoms with Crippen LogP contribution >= 0.6 is 0 Å². The van der Waals surface area contributed by atoms with E-state index in [9.17, 15) is 0 Å². The molecule has 0 amide bonds. The molecule has 3 heteroatoms. The maximum atomic E-state index is 5.57. The van der Waals surface area contributed by atoms with Gasteiger partial charge in [0.15, 0.2) is 0 Å². The highest BCUT2D eigenvalue weighted by Gasteiger charge is 2.22. The molecule has 1 aliphatic carbocycles. The Morgan fingerprint density at radius 2 is 2.14 bits per heavy atom. The number of hydrogen-bond acceptors (Lipinski definition) is 2. The average Bonchev–Trinajstić information content (AvgIpc) is 2.72. The van der Waals surface area contributed by atoms with Gasteiger partial charge in [0.1, 0.15) is 0 Å². The standard InChI is InChI=1S/C11H19N3/c12-6-5-9-1-3-10(4-2-9)11-7-13-14-8-11/h7-10H,1-6,12H2,(H,13,14). The van der Waals surface area contributed by atoms with Crippen LogP contribution in [0.2, 0.25) is 0 Å². The molecule has 1 saturated carbocycles. The Hall–Kier alpha value is -0.830. The highest BCUT2D eigenvalue weighted by Crippen LogP contribution is 2.36. The van der Waals surface area contributed by atoms with Crippen LogP contribution in [-0.2, 0) is 0 Å². The lowest BCUT2D eigenvalue weighted by Crippen LogP contribution is -2.16. The lowest BCUT2D eigenvalue weighted by molar-refractivity contribution is 0.313. The van der Waals surface area contributed by atoms with E-state index in [1.807, 2.05) is 12.4 Å². The summed E-state index contributed by atoms with van der Waals surface area (Å²) in [6.07, 6.45) is 10.5. The van der Waals surface area contributed by atoms with Crippen molar-refractivity contribution in [3.63, 3.8) is 0 Å². The molecule has 0 aromatic carbocycles. The van der Waals surface area contributed by atoms with Gasteiger partial charge >= 0.3 is 0 Å². The predicted octanol–water partition coefficient (Wildman–Crippen LogP) is 2.03. The monoisotopic (exact) mass is 193 g/mol. The van der Waals surface area contributed by atoms with Crippen molar-refractivity contribution in [1.29, 1.82) is 0 Å². The summed E-state index contributed by atoms with van der Waals surface area (Å²) in [5.74, 6) is 1.62. The van der Waals surface area contributed by atoms with Crippen molar-refractivity contribution in [3.05, 3.63) is 18.0 Å². The van der Waals surface area contributed by atoms with Gasteiger partial charge in [-0.05, 0) is 56.0 Å². The van der Waals surface area contributed by atoms with Crippen LogP contribution in [0.5, 0.6) is 0 Å². The molecule has 2 rings (SSSR count). The number of nitrogens with one attached hydrogen (secondary N) is 1. The molecule has 0 atom stereocenters. The van der Waals surface area contributed by atoms with E-state index in [4.69, 9.17) is 5.73 Å². The minimum atomic E-state index is 0.739. The Labute approximate surface area is 85.1 Å². The van der Waals surface area contributed by atoms with Gasteiger partial charge in [-0.25, -0.2) is 0 Å². The van der Waals surface area contributed by atoms with Crippen LogP contribution in [0.3, 0.4) is 0 Å². The van der Waals surface area contributed by atoms with Crippen LogP contribution in [0.1, 0.15) is 43.6 Å². The fourth-order valence-electron chi connectivity index (χ4n) is 2.50. The molecule has 1 aromatic heterocycles. The number of rotatable bonds is 3. The van der Waals surface area contributed by atoms with E-state index in [1.54, 1.807) is 0 Å². The molecule has 1 heterocycles. The Kier molecular flexibility index (Phi) is 3.19. The number of aromatic nitrogens is 2. The molecular formula is C11H19N3. The van der Waals surface area contributed by atoms with Gasteiger partial charge < -0.3 is 5.73 Å². The highest BCUT2D eigenvalue weighted by atomic mass is 15.1. The van der Waals surface area contributed by atoms with Gasteiger partial charge in [-0.1, -0.05) is 0 Å². The van der Waals surface area contributed by atoms with Gasteiger partial charge in [0, 0.05) is 6.20 Å². The predicted molar refractivity (Wildman–Crippen MR) is 57.0 cm³/mol. The first-order valence-corrected chi connectivity index (χ1v) is 5.59. The topological polar surface area (TPSA) is 54.7 Å². The minimum Gasteiger partial charge on any atom is -0.330 e. The van der Waals surface area contributed by atoms with Crippen molar-refractivity contribution in [3.8, 4) is 0 Å². The molecule has 1 aliphatic rings. The minimum absolute atomic E-state index is 0.739. The van der Waals surface area contributed by atoms with Gasteiger partial charge in [-0.3, -0.25) is 5.10 Å². The fourth-order valence-corrected chi connectivity index (χ4v) is 2.50. The van der Waals surface area contributed by atoms with E-state index in [0.717, 1.165) is 18.4 Å². The van der Waals surface area contributed by atoms with Gasteiger partial charge in [0.2, 0.25) is 0 Å². The number of nitrogens with two attached hydrogens (primary N) is 1. The molecule has 0 spiro atoms. The van der Waals surface area contributed by atoms with Crippen LogP contribution in [0.4, 0.5) is 0 Å². The zero-order valence-electron chi connectivity index (χ0n) is 8.58. The molecule has 1 aromatic rings. The van der Waals surface area contributed by atoms with Crippen molar-refractivity contribution >= 4 is 0 Å². The molecule has 0 radical (unpaired) electrons. The molecule has 78 valence electrons. The molecule has 0 bridgehead atoms. The van der Waals surface area contributed by atoms with E-state index in [1.165, 1.54) is 37.7 Å². The van der Waals surface area contributed by atoms with Crippen molar-refractivity contribution < 1.29 is 0 Å². The van der Waals surface area contributed by atoms with Gasteiger partial charge in [-0.15, -0.1) is 0 Å². The molecule has 3 N–H and O–H groups in total. The van der Waals surface area contributed by atoms with E-state index >= 15 is 0 Å². The number of H-pyrrole nitrogens is 1. The average molecular weight is 193 g/mol. The number of aromatic amines is 1. The van der Waals surface area contributed by atoms with Crippen LogP contribution in [0.25, 0.3) is 0 Å². The van der Waals surface area contributed by atoms with Crippen molar-refractivity contribution in [1.82, 2.24) is 10.2 Å². The molecule has 0 unspecified atom stereocenters. The number of nitrogens with zero attached hydrogens (tertiary/aromatic N) is 1. The number of hydrogen-bond donors (Lipinski definition) is 2. The molecule has 0 aliphatic heterocycles. The SMILES string of the molecule is NCCC1CCC(c2cn[nH]c2)CC1. The second-order valence-corrected chi connectivity index (χ2v) is 4.33. The summed E-state index contributed by atoms with van der Waals surface area (Å²) < 4.78 is 0. The Morgan fingerprint density at radius 1 is 1.36 bits per heavy atom. The highest BCUT2D eigenvalue weighted by molar-refractivity contribution is 5.11. The Bertz CT molecular complexity index is 248. The summed E-state index contributed by atoms with van der Waals surface area (Å²) >= 11 is 0. The zero-order valence-corrected chi connectivity index (χ0v) is 8.58. The van der Waals surface area contributed by atoms with E-state index in [2.05, 4.69) is 10.2 Å². The Morgan fingerprint density at radius 3 is 2.71 bits per heavy atom. The van der Waals surface area contributed by atoms with Gasteiger partial charge in [-0.2, -0.15) is 5.10 Å². The molecule has 3 nitrogen and oxygen atoms in total. The first-order valence-electron chi connectivity index (χ1n) is 5.59. The summed E-state index contributed by atoms with van der Waals surface area (Å²) in [5.41, 5.74) is 6.96. The molecule has 14 heavy (non-hydrogen) atoms. The smallest absolute Gasteiger partial charge is 0.0522 e. The van der Waals surface area contributed by atoms with Crippen LogP contribution in [-0.4, -0.2) is 16.7 Å². The maximum absolute atomic E-state index is 5.57. The first kappa shape index (κ1) is 9.71. The second-order valence-electron chi connectivity index (χ2n) is 4.33. The summed E-state index contributed by atoms with van der Waals surface area (Å²) in [7, 11) is 0. The normalized spacial score (nSPS) is 27.8. The van der Waals surface area contributed by atoms with Crippen LogP contribution in [0, 0.1) is 5.92 Å². The lowest BCUT2D eigenvalue weighted by Gasteiger charge is -2.27.